The monoisotopic (exact) mass is 122 g/mol. The van der Waals surface area contributed by atoms with Crippen LogP contribution in [0.4, 0.5) is 0 Å². The molecule has 0 spiro atoms. The molecule has 0 saturated heterocycles. The second-order valence-corrected chi connectivity index (χ2v) is 2.52. The van der Waals surface area contributed by atoms with Gasteiger partial charge in [0, 0.05) is 17.8 Å². The molecule has 0 atom stereocenters. The molecule has 2 N–H and O–H groups in total. The molecule has 0 aromatic rings. The average molecular weight is 122 g/mol. The van der Waals surface area contributed by atoms with E-state index >= 15 is 0 Å². The Morgan fingerprint density at radius 3 is 2.89 bits per heavy atom. The van der Waals surface area contributed by atoms with Crippen LogP contribution in [0.5, 0.6) is 0 Å². The normalized spacial score (nSPS) is 24.2. The highest BCUT2D eigenvalue weighted by molar-refractivity contribution is 5.19. The van der Waals surface area contributed by atoms with E-state index in [-0.39, 0.29) is 0 Å². The first-order chi connectivity index (χ1) is 4.47. The molecular formula is C7H10N2. The Morgan fingerprint density at radius 1 is 1.44 bits per heavy atom. The van der Waals surface area contributed by atoms with Gasteiger partial charge in [0.25, 0.3) is 0 Å². The van der Waals surface area contributed by atoms with Crippen molar-refractivity contribution < 1.29 is 0 Å². The van der Waals surface area contributed by atoms with Crippen molar-refractivity contribution >= 4 is 0 Å². The quantitative estimate of drug-likeness (QED) is 0.540. The maximum Gasteiger partial charge on any atom is 0.0345 e. The zero-order valence-electron chi connectivity index (χ0n) is 5.22. The second kappa shape index (κ2) is 1.79. The van der Waals surface area contributed by atoms with Crippen LogP contribution in [0.15, 0.2) is 24.0 Å². The zero-order valence-corrected chi connectivity index (χ0v) is 5.22. The highest BCUT2D eigenvalue weighted by Crippen LogP contribution is 2.34. The van der Waals surface area contributed by atoms with Crippen LogP contribution in [-0.4, -0.2) is 0 Å². The lowest BCUT2D eigenvalue weighted by Crippen LogP contribution is -2.28. The third-order valence-corrected chi connectivity index (χ3v) is 1.69. The van der Waals surface area contributed by atoms with Crippen LogP contribution in [0.25, 0.3) is 0 Å². The number of hydrazine groups is 1. The first-order valence-electron chi connectivity index (χ1n) is 3.35. The van der Waals surface area contributed by atoms with Crippen molar-refractivity contribution in [2.24, 2.45) is 5.92 Å². The van der Waals surface area contributed by atoms with E-state index in [1.54, 1.807) is 0 Å². The summed E-state index contributed by atoms with van der Waals surface area (Å²) in [4.78, 5) is 0. The fourth-order valence-electron chi connectivity index (χ4n) is 0.999. The first-order valence-corrected chi connectivity index (χ1v) is 3.35. The Hall–Kier alpha value is -0.920. The van der Waals surface area contributed by atoms with E-state index in [4.69, 9.17) is 0 Å². The summed E-state index contributed by atoms with van der Waals surface area (Å²) in [5.74, 6) is 0.822. The molecule has 1 aliphatic heterocycles. The van der Waals surface area contributed by atoms with Crippen molar-refractivity contribution in [1.29, 1.82) is 0 Å². The van der Waals surface area contributed by atoms with Crippen LogP contribution >= 0.6 is 0 Å². The zero-order chi connectivity index (χ0) is 6.10. The maximum atomic E-state index is 3.11. The van der Waals surface area contributed by atoms with E-state index in [0.717, 1.165) is 5.92 Å². The van der Waals surface area contributed by atoms with Crippen molar-refractivity contribution in [2.45, 2.75) is 12.8 Å². The fraction of sp³-hybridized carbons (Fsp3) is 0.429. The fourth-order valence-corrected chi connectivity index (χ4v) is 0.999. The highest BCUT2D eigenvalue weighted by atomic mass is 15.4. The van der Waals surface area contributed by atoms with Gasteiger partial charge in [-0.15, -0.1) is 0 Å². The predicted octanol–water partition coefficient (Wildman–Crippen LogP) is 0.902. The molecule has 9 heavy (non-hydrogen) atoms. The Morgan fingerprint density at radius 2 is 2.33 bits per heavy atom. The number of rotatable bonds is 1. The predicted molar refractivity (Wildman–Crippen MR) is 36.2 cm³/mol. The summed E-state index contributed by atoms with van der Waals surface area (Å²) >= 11 is 0. The Kier molecular flexibility index (Phi) is 0.979. The molecule has 0 bridgehead atoms. The van der Waals surface area contributed by atoms with Gasteiger partial charge in [0.05, 0.1) is 0 Å². The van der Waals surface area contributed by atoms with Gasteiger partial charge in [-0.05, 0) is 25.0 Å². The number of hydrogen-bond donors (Lipinski definition) is 2. The van der Waals surface area contributed by atoms with E-state index in [1.165, 1.54) is 18.5 Å². The molecule has 48 valence electrons. The van der Waals surface area contributed by atoms with Crippen molar-refractivity contribution in [3.63, 3.8) is 0 Å². The highest BCUT2D eigenvalue weighted by Gasteiger charge is 2.25. The van der Waals surface area contributed by atoms with E-state index in [9.17, 15) is 0 Å². The van der Waals surface area contributed by atoms with Crippen LogP contribution in [0.3, 0.4) is 0 Å². The molecule has 1 fully saturated rings. The SMILES string of the molecule is C1=CNNC(C2CC2)=C1. The minimum atomic E-state index is 0.822. The molecule has 1 aliphatic carbocycles. The van der Waals surface area contributed by atoms with E-state index in [1.807, 2.05) is 12.3 Å². The third-order valence-electron chi connectivity index (χ3n) is 1.69. The number of nitrogens with one attached hydrogen (secondary N) is 2. The maximum absolute atomic E-state index is 3.11. The first kappa shape index (κ1) is 4.91. The lowest BCUT2D eigenvalue weighted by molar-refractivity contribution is 0.669. The van der Waals surface area contributed by atoms with Gasteiger partial charge < -0.3 is 10.9 Å². The van der Waals surface area contributed by atoms with Gasteiger partial charge >= 0.3 is 0 Å². The van der Waals surface area contributed by atoms with E-state index < -0.39 is 0 Å². The molecule has 2 nitrogen and oxygen atoms in total. The van der Waals surface area contributed by atoms with Gasteiger partial charge in [0.15, 0.2) is 0 Å². The van der Waals surface area contributed by atoms with Crippen LogP contribution in [0, 0.1) is 5.92 Å². The van der Waals surface area contributed by atoms with Gasteiger partial charge in [-0.2, -0.15) is 0 Å². The van der Waals surface area contributed by atoms with Gasteiger partial charge in [-0.3, -0.25) is 0 Å². The summed E-state index contributed by atoms with van der Waals surface area (Å²) in [5.41, 5.74) is 7.41. The lowest BCUT2D eigenvalue weighted by Gasteiger charge is -2.11. The van der Waals surface area contributed by atoms with Crippen LogP contribution in [0.2, 0.25) is 0 Å². The van der Waals surface area contributed by atoms with E-state index in [2.05, 4.69) is 16.9 Å². The minimum Gasteiger partial charge on any atom is -0.308 e. The average Bonchev–Trinajstić information content (AvgIpc) is 2.71. The molecule has 2 heteroatoms. The van der Waals surface area contributed by atoms with Crippen molar-refractivity contribution in [3.8, 4) is 0 Å². The molecular weight excluding hydrogens is 112 g/mol. The lowest BCUT2D eigenvalue weighted by atomic mass is 10.3. The molecule has 0 radical (unpaired) electrons. The number of allylic oxidation sites excluding steroid dienone is 3. The van der Waals surface area contributed by atoms with Gasteiger partial charge in [0.1, 0.15) is 0 Å². The molecule has 0 aromatic heterocycles. The standard InChI is InChI=1S/C7H10N2/c1-2-7(6-3-4-6)9-8-5-1/h1-2,5-6,8-9H,3-4H2. The van der Waals surface area contributed by atoms with Crippen molar-refractivity contribution in [2.75, 3.05) is 0 Å². The topological polar surface area (TPSA) is 24.1 Å². The summed E-state index contributed by atoms with van der Waals surface area (Å²) in [6.07, 6.45) is 8.77. The Bertz CT molecular complexity index is 166. The minimum absolute atomic E-state index is 0.822. The number of hydrogen-bond acceptors (Lipinski definition) is 2. The molecule has 0 aromatic carbocycles. The Labute approximate surface area is 54.6 Å². The second-order valence-electron chi connectivity index (χ2n) is 2.52. The molecule has 2 aliphatic rings. The molecule has 1 heterocycles. The molecule has 1 saturated carbocycles. The van der Waals surface area contributed by atoms with Crippen LogP contribution in [-0.2, 0) is 0 Å². The summed E-state index contributed by atoms with van der Waals surface area (Å²) in [6, 6.07) is 0. The summed E-state index contributed by atoms with van der Waals surface area (Å²) in [5, 5.41) is 0. The molecule has 2 rings (SSSR count). The van der Waals surface area contributed by atoms with Gasteiger partial charge in [-0.25, -0.2) is 0 Å². The summed E-state index contributed by atoms with van der Waals surface area (Å²) in [6.45, 7) is 0. The molecule has 0 amide bonds. The van der Waals surface area contributed by atoms with Crippen molar-refractivity contribution in [1.82, 2.24) is 10.9 Å². The molecule has 0 unspecified atom stereocenters. The largest absolute Gasteiger partial charge is 0.308 e. The van der Waals surface area contributed by atoms with Gasteiger partial charge in [-0.1, -0.05) is 0 Å². The third kappa shape index (κ3) is 0.922. The summed E-state index contributed by atoms with van der Waals surface area (Å²) in [7, 11) is 0. The van der Waals surface area contributed by atoms with E-state index in [0.29, 0.717) is 0 Å². The summed E-state index contributed by atoms with van der Waals surface area (Å²) < 4.78 is 0. The van der Waals surface area contributed by atoms with Gasteiger partial charge in [0.2, 0.25) is 0 Å². The van der Waals surface area contributed by atoms with Crippen LogP contribution < -0.4 is 10.9 Å². The van der Waals surface area contributed by atoms with Crippen LogP contribution in [0.1, 0.15) is 12.8 Å². The van der Waals surface area contributed by atoms with Crippen molar-refractivity contribution in [3.05, 3.63) is 24.0 Å². The smallest absolute Gasteiger partial charge is 0.0345 e. The Balaban J connectivity index is 2.07.